The Kier molecular flexibility index (Phi) is 3.58. The van der Waals surface area contributed by atoms with E-state index in [1.165, 1.54) is 5.57 Å². The minimum absolute atomic E-state index is 0.0222. The number of aromatic nitrogens is 1. The summed E-state index contributed by atoms with van der Waals surface area (Å²) in [6, 6.07) is 0. The second kappa shape index (κ2) is 4.95. The molecule has 102 valence electrons. The maximum atomic E-state index is 11.3. The van der Waals surface area contributed by atoms with Crippen molar-refractivity contribution in [3.8, 4) is 0 Å². The van der Waals surface area contributed by atoms with Gasteiger partial charge in [-0.3, -0.25) is 0 Å². The van der Waals surface area contributed by atoms with E-state index in [2.05, 4.69) is 26.2 Å². The maximum absolute atomic E-state index is 11.3. The highest BCUT2D eigenvalue weighted by Crippen LogP contribution is 2.52. The molecule has 0 bridgehead atoms. The van der Waals surface area contributed by atoms with Crippen LogP contribution in [0.3, 0.4) is 0 Å². The third kappa shape index (κ3) is 2.31. The zero-order valence-electron chi connectivity index (χ0n) is 10.5. The molecule has 1 N–H and O–H groups in total. The molecule has 1 saturated carbocycles. The maximum Gasteiger partial charge on any atom is 0.131 e. The Morgan fingerprint density at radius 2 is 2.42 bits per heavy atom. The van der Waals surface area contributed by atoms with Crippen molar-refractivity contribution in [2.75, 3.05) is 18.1 Å². The van der Waals surface area contributed by atoms with Crippen molar-refractivity contribution in [3.05, 3.63) is 32.2 Å². The van der Waals surface area contributed by atoms with Crippen LogP contribution in [0.1, 0.15) is 24.8 Å². The second-order valence-corrected chi connectivity index (χ2v) is 7.69. The molecule has 1 spiro atoms. The van der Waals surface area contributed by atoms with Gasteiger partial charge in [0.2, 0.25) is 0 Å². The SMILES string of the molecule is C[S+]([O-])/C=C1\CCC2(CNc3ncc(Br)c(Cl)c32)C1. The van der Waals surface area contributed by atoms with Crippen molar-refractivity contribution in [1.29, 1.82) is 0 Å². The number of hydrogen-bond acceptors (Lipinski definition) is 3. The number of anilines is 1. The fourth-order valence-electron chi connectivity index (χ4n) is 3.14. The first-order valence-corrected chi connectivity index (χ1v) is 8.91. The van der Waals surface area contributed by atoms with Crippen molar-refractivity contribution >= 4 is 44.5 Å². The second-order valence-electron chi connectivity index (χ2n) is 5.23. The Labute approximate surface area is 129 Å². The number of rotatable bonds is 1. The summed E-state index contributed by atoms with van der Waals surface area (Å²) in [7, 11) is 0. The van der Waals surface area contributed by atoms with Gasteiger partial charge in [0.1, 0.15) is 11.2 Å². The summed E-state index contributed by atoms with van der Waals surface area (Å²) >= 11 is 9.02. The van der Waals surface area contributed by atoms with Crippen LogP contribution in [0.2, 0.25) is 5.02 Å². The van der Waals surface area contributed by atoms with E-state index in [4.69, 9.17) is 11.6 Å². The van der Waals surface area contributed by atoms with E-state index in [1.807, 2.05) is 5.41 Å². The molecule has 6 heteroatoms. The van der Waals surface area contributed by atoms with Gasteiger partial charge in [0.25, 0.3) is 0 Å². The van der Waals surface area contributed by atoms with Gasteiger partial charge in [0.15, 0.2) is 0 Å². The van der Waals surface area contributed by atoms with Crippen molar-refractivity contribution in [2.24, 2.45) is 0 Å². The van der Waals surface area contributed by atoms with Gasteiger partial charge in [-0.15, -0.1) is 0 Å². The Balaban J connectivity index is 2.01. The molecule has 0 radical (unpaired) electrons. The molecule has 2 atom stereocenters. The van der Waals surface area contributed by atoms with Crippen LogP contribution in [-0.2, 0) is 16.6 Å². The van der Waals surface area contributed by atoms with E-state index >= 15 is 0 Å². The van der Waals surface area contributed by atoms with Crippen molar-refractivity contribution < 1.29 is 4.55 Å². The van der Waals surface area contributed by atoms with Crippen LogP contribution in [0, 0.1) is 0 Å². The van der Waals surface area contributed by atoms with E-state index < -0.39 is 11.2 Å². The van der Waals surface area contributed by atoms with E-state index in [0.717, 1.165) is 46.7 Å². The first-order chi connectivity index (χ1) is 9.02. The molecule has 3 rings (SSSR count). The van der Waals surface area contributed by atoms with Crippen molar-refractivity contribution in [2.45, 2.75) is 24.7 Å². The molecular weight excluding hydrogens is 348 g/mol. The highest BCUT2D eigenvalue weighted by Gasteiger charge is 2.46. The smallest absolute Gasteiger partial charge is 0.131 e. The molecule has 1 aliphatic heterocycles. The fourth-order valence-corrected chi connectivity index (χ4v) is 4.45. The summed E-state index contributed by atoms with van der Waals surface area (Å²) in [6.07, 6.45) is 6.39. The number of nitrogens with one attached hydrogen (secondary N) is 1. The lowest BCUT2D eigenvalue weighted by molar-refractivity contribution is 0.496. The quantitative estimate of drug-likeness (QED) is 0.777. The molecule has 2 unspecified atom stereocenters. The zero-order chi connectivity index (χ0) is 13.6. The highest BCUT2D eigenvalue weighted by molar-refractivity contribution is 9.10. The highest BCUT2D eigenvalue weighted by atomic mass is 79.9. The predicted molar refractivity (Wildman–Crippen MR) is 83.1 cm³/mol. The minimum atomic E-state index is -0.880. The molecule has 0 saturated heterocycles. The lowest BCUT2D eigenvalue weighted by Gasteiger charge is -2.23. The van der Waals surface area contributed by atoms with Gasteiger partial charge in [-0.25, -0.2) is 4.98 Å². The molecule has 0 aromatic carbocycles. The molecule has 3 nitrogen and oxygen atoms in total. The number of halogens is 2. The van der Waals surface area contributed by atoms with Crippen LogP contribution in [-0.4, -0.2) is 22.3 Å². The number of hydrogen-bond donors (Lipinski definition) is 1. The molecule has 1 aromatic heterocycles. The van der Waals surface area contributed by atoms with Crippen molar-refractivity contribution in [3.63, 3.8) is 0 Å². The van der Waals surface area contributed by atoms with Gasteiger partial charge >= 0.3 is 0 Å². The predicted octanol–water partition coefficient (Wildman–Crippen LogP) is 3.61. The van der Waals surface area contributed by atoms with Crippen LogP contribution in [0.4, 0.5) is 5.82 Å². The molecule has 1 aromatic rings. The summed E-state index contributed by atoms with van der Waals surface area (Å²) in [5, 5.41) is 5.99. The van der Waals surface area contributed by atoms with E-state index in [9.17, 15) is 4.55 Å². The van der Waals surface area contributed by atoms with Gasteiger partial charge in [0, 0.05) is 23.7 Å². The molecule has 1 aliphatic carbocycles. The largest absolute Gasteiger partial charge is 0.612 e. The molecule has 2 heterocycles. The minimum Gasteiger partial charge on any atom is -0.612 e. The summed E-state index contributed by atoms with van der Waals surface area (Å²) in [5.41, 5.74) is 2.41. The normalized spacial score (nSPS) is 28.7. The van der Waals surface area contributed by atoms with Gasteiger partial charge in [-0.05, 0) is 51.9 Å². The molecular formula is C13H14BrClN2OS. The Bertz CT molecular complexity index is 564. The Morgan fingerprint density at radius 1 is 1.63 bits per heavy atom. The van der Waals surface area contributed by atoms with E-state index in [1.54, 1.807) is 12.5 Å². The first-order valence-electron chi connectivity index (χ1n) is 6.12. The monoisotopic (exact) mass is 360 g/mol. The fraction of sp³-hybridized carbons (Fsp3) is 0.462. The van der Waals surface area contributed by atoms with E-state index in [-0.39, 0.29) is 5.41 Å². The third-order valence-corrected chi connectivity index (χ3v) is 5.81. The summed E-state index contributed by atoms with van der Waals surface area (Å²) in [5.74, 6) is 0.895. The number of pyridine rings is 1. The lowest BCUT2D eigenvalue weighted by Crippen LogP contribution is -2.24. The van der Waals surface area contributed by atoms with Gasteiger partial charge in [-0.2, -0.15) is 0 Å². The summed E-state index contributed by atoms with van der Waals surface area (Å²) < 4.78 is 12.2. The molecule has 2 aliphatic rings. The van der Waals surface area contributed by atoms with E-state index in [0.29, 0.717) is 0 Å². The lowest BCUT2D eigenvalue weighted by atomic mass is 9.81. The van der Waals surface area contributed by atoms with Crippen LogP contribution in [0.5, 0.6) is 0 Å². The van der Waals surface area contributed by atoms with Crippen molar-refractivity contribution in [1.82, 2.24) is 4.98 Å². The standard InChI is InChI=1S/C13H14BrClN2OS/c1-19(18)6-8-2-3-13(4-8)7-17-12-10(13)11(15)9(14)5-16-12/h5-6H,2-4,7H2,1H3,(H,16,17)/b8-6+. The summed E-state index contributed by atoms with van der Waals surface area (Å²) in [4.78, 5) is 4.40. The Hall–Kier alpha value is -0.230. The topological polar surface area (TPSA) is 48.0 Å². The average molecular weight is 362 g/mol. The molecule has 19 heavy (non-hydrogen) atoms. The van der Waals surface area contributed by atoms with Crippen LogP contribution >= 0.6 is 27.5 Å². The van der Waals surface area contributed by atoms with Crippen LogP contribution in [0.15, 0.2) is 21.7 Å². The van der Waals surface area contributed by atoms with Gasteiger partial charge < -0.3 is 9.87 Å². The first kappa shape index (κ1) is 13.7. The number of allylic oxidation sites excluding steroid dienone is 1. The van der Waals surface area contributed by atoms with Gasteiger partial charge in [0.05, 0.1) is 15.8 Å². The molecule has 0 amide bonds. The average Bonchev–Trinajstić information content (AvgIpc) is 2.90. The van der Waals surface area contributed by atoms with Crippen LogP contribution in [0.25, 0.3) is 0 Å². The summed E-state index contributed by atoms with van der Waals surface area (Å²) in [6.45, 7) is 0.860. The van der Waals surface area contributed by atoms with Gasteiger partial charge in [-0.1, -0.05) is 11.6 Å². The number of fused-ring (bicyclic) bond motifs is 2. The van der Waals surface area contributed by atoms with Crippen LogP contribution < -0.4 is 5.32 Å². The Morgan fingerprint density at radius 3 is 3.16 bits per heavy atom. The zero-order valence-corrected chi connectivity index (χ0v) is 13.7. The number of nitrogens with zero attached hydrogens (tertiary/aromatic N) is 1. The third-order valence-electron chi connectivity index (χ3n) is 3.92. The molecule has 1 fully saturated rings.